The predicted molar refractivity (Wildman–Crippen MR) is 80.6 cm³/mol. The molecule has 0 spiro atoms. The maximum atomic E-state index is 5.31. The largest absolute Gasteiger partial charge is 0.383 e. The van der Waals surface area contributed by atoms with Crippen LogP contribution in [0.5, 0.6) is 0 Å². The molecule has 2 rings (SSSR count). The minimum atomic E-state index is 0.457. The van der Waals surface area contributed by atoms with Crippen LogP contribution in [0, 0.1) is 5.92 Å². The Hall–Kier alpha value is -0.860. The first kappa shape index (κ1) is 14.5. The zero-order valence-electron chi connectivity index (χ0n) is 12.5. The Morgan fingerprint density at radius 1 is 1.32 bits per heavy atom. The Balaban J connectivity index is 1.97. The van der Waals surface area contributed by atoms with Gasteiger partial charge in [-0.05, 0) is 42.2 Å². The monoisotopic (exact) mass is 261 g/mol. The Morgan fingerprint density at radius 3 is 2.84 bits per heavy atom. The van der Waals surface area contributed by atoms with Gasteiger partial charge in [-0.25, -0.2) is 0 Å². The normalized spacial score (nSPS) is 20.3. The van der Waals surface area contributed by atoms with E-state index in [4.69, 9.17) is 4.74 Å². The van der Waals surface area contributed by atoms with Gasteiger partial charge in [0.25, 0.3) is 0 Å². The summed E-state index contributed by atoms with van der Waals surface area (Å²) < 4.78 is 5.31. The standard InChI is InChI=1S/C17H27NO/c1-13(2)17(12-19-3)18-11-15-9-6-8-14-7-4-5-10-16(14)15/h4-5,7,10,13,15,17-18H,6,8-9,11-12H2,1-3H3. The van der Waals surface area contributed by atoms with Crippen molar-refractivity contribution >= 4 is 0 Å². The van der Waals surface area contributed by atoms with Gasteiger partial charge >= 0.3 is 0 Å². The molecule has 1 N–H and O–H groups in total. The molecule has 0 radical (unpaired) electrons. The molecule has 2 nitrogen and oxygen atoms in total. The van der Waals surface area contributed by atoms with Crippen molar-refractivity contribution in [1.82, 2.24) is 5.32 Å². The summed E-state index contributed by atoms with van der Waals surface area (Å²) >= 11 is 0. The maximum absolute atomic E-state index is 5.31. The van der Waals surface area contributed by atoms with E-state index in [0.717, 1.165) is 13.2 Å². The van der Waals surface area contributed by atoms with Crippen molar-refractivity contribution in [3.05, 3.63) is 35.4 Å². The molecule has 0 saturated carbocycles. The van der Waals surface area contributed by atoms with Crippen LogP contribution in [-0.2, 0) is 11.2 Å². The Bertz CT molecular complexity index is 389. The van der Waals surface area contributed by atoms with E-state index in [0.29, 0.717) is 17.9 Å². The molecule has 0 fully saturated rings. The minimum Gasteiger partial charge on any atom is -0.383 e. The van der Waals surface area contributed by atoms with Gasteiger partial charge in [-0.15, -0.1) is 0 Å². The van der Waals surface area contributed by atoms with E-state index in [1.165, 1.54) is 19.3 Å². The van der Waals surface area contributed by atoms with Crippen molar-refractivity contribution in [2.45, 2.75) is 45.1 Å². The summed E-state index contributed by atoms with van der Waals surface area (Å²) in [5.41, 5.74) is 3.11. The molecular formula is C17H27NO. The number of nitrogens with one attached hydrogen (secondary N) is 1. The highest BCUT2D eigenvalue weighted by molar-refractivity contribution is 5.32. The minimum absolute atomic E-state index is 0.457. The van der Waals surface area contributed by atoms with Gasteiger partial charge in [-0.3, -0.25) is 0 Å². The average Bonchev–Trinajstić information content (AvgIpc) is 2.43. The first-order valence-corrected chi connectivity index (χ1v) is 7.52. The number of aryl methyl sites for hydroxylation is 1. The summed E-state index contributed by atoms with van der Waals surface area (Å²) in [5.74, 6) is 1.28. The molecule has 1 aromatic rings. The van der Waals surface area contributed by atoms with E-state index in [9.17, 15) is 0 Å². The van der Waals surface area contributed by atoms with Crippen LogP contribution < -0.4 is 5.32 Å². The molecule has 0 aliphatic heterocycles. The van der Waals surface area contributed by atoms with Gasteiger partial charge in [0.2, 0.25) is 0 Å². The zero-order chi connectivity index (χ0) is 13.7. The molecule has 2 atom stereocenters. The summed E-state index contributed by atoms with van der Waals surface area (Å²) in [6.45, 7) is 6.38. The van der Waals surface area contributed by atoms with Crippen LogP contribution >= 0.6 is 0 Å². The molecule has 106 valence electrons. The average molecular weight is 261 g/mol. The fraction of sp³-hybridized carbons (Fsp3) is 0.647. The van der Waals surface area contributed by atoms with Crippen LogP contribution in [0.25, 0.3) is 0 Å². The highest BCUT2D eigenvalue weighted by Gasteiger charge is 2.21. The molecule has 2 unspecified atom stereocenters. The van der Waals surface area contributed by atoms with Crippen molar-refractivity contribution in [3.8, 4) is 0 Å². The number of methoxy groups -OCH3 is 1. The predicted octanol–water partition coefficient (Wildman–Crippen LogP) is 3.37. The van der Waals surface area contributed by atoms with E-state index in [-0.39, 0.29) is 0 Å². The summed E-state index contributed by atoms with van der Waals surface area (Å²) in [6, 6.07) is 9.39. The van der Waals surface area contributed by atoms with Crippen molar-refractivity contribution in [2.75, 3.05) is 20.3 Å². The lowest BCUT2D eigenvalue weighted by molar-refractivity contribution is 0.146. The zero-order valence-corrected chi connectivity index (χ0v) is 12.5. The summed E-state index contributed by atoms with van der Waals surface area (Å²) in [4.78, 5) is 0. The molecule has 0 heterocycles. The second-order valence-electron chi connectivity index (χ2n) is 6.00. The Kier molecular flexibility index (Phi) is 5.41. The van der Waals surface area contributed by atoms with Crippen LogP contribution in [0.4, 0.5) is 0 Å². The first-order valence-electron chi connectivity index (χ1n) is 7.52. The first-order chi connectivity index (χ1) is 9.22. The SMILES string of the molecule is COCC(NCC1CCCc2ccccc21)C(C)C. The van der Waals surface area contributed by atoms with Crippen molar-refractivity contribution < 1.29 is 4.74 Å². The number of ether oxygens (including phenoxy) is 1. The maximum Gasteiger partial charge on any atom is 0.0618 e. The molecule has 0 saturated heterocycles. The summed E-state index contributed by atoms with van der Waals surface area (Å²) in [7, 11) is 1.78. The van der Waals surface area contributed by atoms with Crippen LogP contribution in [0.15, 0.2) is 24.3 Å². The molecule has 0 bridgehead atoms. The molecular weight excluding hydrogens is 234 g/mol. The molecule has 1 aliphatic carbocycles. The quantitative estimate of drug-likeness (QED) is 0.847. The van der Waals surface area contributed by atoms with Gasteiger partial charge in [-0.2, -0.15) is 0 Å². The highest BCUT2D eigenvalue weighted by atomic mass is 16.5. The van der Waals surface area contributed by atoms with Gasteiger partial charge in [-0.1, -0.05) is 38.1 Å². The smallest absolute Gasteiger partial charge is 0.0618 e. The molecule has 2 heteroatoms. The van der Waals surface area contributed by atoms with Gasteiger partial charge in [0.1, 0.15) is 0 Å². The van der Waals surface area contributed by atoms with Gasteiger partial charge in [0, 0.05) is 19.7 Å². The lowest BCUT2D eigenvalue weighted by Gasteiger charge is -2.29. The number of rotatable bonds is 6. The fourth-order valence-electron chi connectivity index (χ4n) is 3.03. The number of hydrogen-bond donors (Lipinski definition) is 1. The lowest BCUT2D eigenvalue weighted by atomic mass is 9.82. The second-order valence-corrected chi connectivity index (χ2v) is 6.00. The Morgan fingerprint density at radius 2 is 2.11 bits per heavy atom. The van der Waals surface area contributed by atoms with Crippen LogP contribution in [-0.4, -0.2) is 26.3 Å². The second kappa shape index (κ2) is 7.06. The summed E-state index contributed by atoms with van der Waals surface area (Å²) in [5, 5.41) is 3.71. The highest BCUT2D eigenvalue weighted by Crippen LogP contribution is 2.30. The molecule has 1 aliphatic rings. The molecule has 0 amide bonds. The van der Waals surface area contributed by atoms with E-state index in [2.05, 4.69) is 43.4 Å². The van der Waals surface area contributed by atoms with Crippen LogP contribution in [0.3, 0.4) is 0 Å². The van der Waals surface area contributed by atoms with Crippen LogP contribution in [0.1, 0.15) is 43.7 Å². The third-order valence-corrected chi connectivity index (χ3v) is 4.27. The number of hydrogen-bond acceptors (Lipinski definition) is 2. The van der Waals surface area contributed by atoms with E-state index < -0.39 is 0 Å². The van der Waals surface area contributed by atoms with Crippen molar-refractivity contribution in [2.24, 2.45) is 5.92 Å². The molecule has 0 aromatic heterocycles. The third kappa shape index (κ3) is 3.80. The molecule has 1 aromatic carbocycles. The summed E-state index contributed by atoms with van der Waals surface area (Å²) in [6.07, 6.45) is 3.88. The van der Waals surface area contributed by atoms with Gasteiger partial charge < -0.3 is 10.1 Å². The van der Waals surface area contributed by atoms with E-state index in [1.54, 1.807) is 18.2 Å². The number of benzene rings is 1. The topological polar surface area (TPSA) is 21.3 Å². The molecule has 19 heavy (non-hydrogen) atoms. The van der Waals surface area contributed by atoms with E-state index in [1.807, 2.05) is 0 Å². The van der Waals surface area contributed by atoms with Gasteiger partial charge in [0.15, 0.2) is 0 Å². The van der Waals surface area contributed by atoms with Gasteiger partial charge in [0.05, 0.1) is 6.61 Å². The van der Waals surface area contributed by atoms with Crippen LogP contribution in [0.2, 0.25) is 0 Å². The van der Waals surface area contributed by atoms with Crippen molar-refractivity contribution in [1.29, 1.82) is 0 Å². The van der Waals surface area contributed by atoms with Crippen molar-refractivity contribution in [3.63, 3.8) is 0 Å². The third-order valence-electron chi connectivity index (χ3n) is 4.27. The fourth-order valence-corrected chi connectivity index (χ4v) is 3.03. The number of fused-ring (bicyclic) bond motifs is 1. The Labute approximate surface area is 117 Å². The lowest BCUT2D eigenvalue weighted by Crippen LogP contribution is -2.40. The van der Waals surface area contributed by atoms with E-state index >= 15 is 0 Å².